The summed E-state index contributed by atoms with van der Waals surface area (Å²) in [5.41, 5.74) is 10.7. The van der Waals surface area contributed by atoms with Crippen molar-refractivity contribution in [2.45, 2.75) is 68.9 Å². The number of ether oxygens (including phenoxy) is 2. The Labute approximate surface area is 266 Å². The molecule has 2 amide bonds. The van der Waals surface area contributed by atoms with Crippen LogP contribution in [0.4, 0.5) is 11.4 Å². The molecule has 4 aromatic rings. The first-order valence-electron chi connectivity index (χ1n) is 15.0. The first kappa shape index (κ1) is 32.2. The average molecular weight is 631 g/mol. The molecule has 6 N–H and O–H groups in total. The number of carbonyl (C=O) groups is 2. The van der Waals surface area contributed by atoms with Crippen LogP contribution in [-0.4, -0.2) is 44.0 Å². The smallest absolute Gasteiger partial charge is 0.224 e. The number of aromatic nitrogens is 3. The van der Waals surface area contributed by atoms with Crippen molar-refractivity contribution in [3.05, 3.63) is 101 Å². The van der Waals surface area contributed by atoms with Gasteiger partial charge in [-0.1, -0.05) is 72.4 Å². The van der Waals surface area contributed by atoms with Crippen molar-refractivity contribution < 1.29 is 24.2 Å². The molecule has 1 aliphatic heterocycles. The largest absolute Gasteiger partial charge is 0.397 e. The van der Waals surface area contributed by atoms with Crippen molar-refractivity contribution in [1.82, 2.24) is 20.5 Å². The Balaban J connectivity index is 1.09. The Morgan fingerprint density at radius 3 is 2.36 bits per heavy atom. The zero-order chi connectivity index (χ0) is 31.4. The molecule has 1 fully saturated rings. The van der Waals surface area contributed by atoms with Gasteiger partial charge in [0.05, 0.1) is 30.2 Å². The van der Waals surface area contributed by atoms with Crippen molar-refractivity contribution in [1.29, 1.82) is 0 Å². The lowest BCUT2D eigenvalue weighted by atomic mass is 10.0. The van der Waals surface area contributed by atoms with Gasteiger partial charge in [-0.2, -0.15) is 5.10 Å². The van der Waals surface area contributed by atoms with E-state index >= 15 is 0 Å². The van der Waals surface area contributed by atoms with Gasteiger partial charge in [-0.15, -0.1) is 0 Å². The predicted molar refractivity (Wildman–Crippen MR) is 172 cm³/mol. The van der Waals surface area contributed by atoms with Crippen molar-refractivity contribution in [2.75, 3.05) is 16.8 Å². The molecule has 0 bridgehead atoms. The van der Waals surface area contributed by atoms with Gasteiger partial charge in [0.1, 0.15) is 6.33 Å². The van der Waals surface area contributed by atoms with Crippen molar-refractivity contribution in [2.24, 2.45) is 0 Å². The first-order chi connectivity index (χ1) is 22.0. The summed E-state index contributed by atoms with van der Waals surface area (Å²) in [5.74, 6) is 0.495. The molecule has 1 aliphatic rings. The highest BCUT2D eigenvalue weighted by Gasteiger charge is 2.32. The number of aliphatic hydroxyl groups excluding tert-OH is 1. The molecule has 1 saturated heterocycles. The number of aromatic amines is 1. The molecule has 0 radical (unpaired) electrons. The van der Waals surface area contributed by atoms with Gasteiger partial charge in [0.15, 0.2) is 11.4 Å². The molecule has 45 heavy (non-hydrogen) atoms. The Morgan fingerprint density at radius 1 is 0.933 bits per heavy atom. The number of rotatable bonds is 14. The lowest BCUT2D eigenvalue weighted by Gasteiger charge is -2.36. The summed E-state index contributed by atoms with van der Waals surface area (Å²) in [4.78, 5) is 28.8. The second-order valence-corrected chi connectivity index (χ2v) is 11.8. The van der Waals surface area contributed by atoms with Crippen LogP contribution in [-0.2, 0) is 32.2 Å². The minimum absolute atomic E-state index is 0.00896. The van der Waals surface area contributed by atoms with Crippen LogP contribution in [0.25, 0.3) is 0 Å². The van der Waals surface area contributed by atoms with Crippen molar-refractivity contribution >= 4 is 35.0 Å². The number of para-hydroxylation sites is 2. The maximum Gasteiger partial charge on any atom is 0.224 e. The normalized spacial score (nSPS) is 17.9. The standard InChI is InChI=1S/C33H38N6O5S/c34-27-5-1-2-6-28(27)38-31(42)8-4-3-7-30(41)35-18-22-9-15-25(16-10-22)32-43-26(20-45-33-36-21-37-39-33)17-29(44-32)24-13-11-23(19-40)12-14-24/h1-2,5-6,9-16,21,26,29,32,40H,3-4,7-8,17-20,34H2,(H,35,41)(H,38,42)(H,36,37,39)/t26-,29+,32+/m0/s1. The number of nitrogens with two attached hydrogens (primary N) is 1. The van der Waals surface area contributed by atoms with Crippen LogP contribution in [0.15, 0.2) is 84.3 Å². The highest BCUT2D eigenvalue weighted by Crippen LogP contribution is 2.39. The van der Waals surface area contributed by atoms with Gasteiger partial charge in [0, 0.05) is 37.1 Å². The second-order valence-electron chi connectivity index (χ2n) is 10.8. The number of anilines is 2. The highest BCUT2D eigenvalue weighted by atomic mass is 32.2. The fourth-order valence-electron chi connectivity index (χ4n) is 4.93. The maximum atomic E-state index is 12.4. The van der Waals surface area contributed by atoms with Gasteiger partial charge >= 0.3 is 0 Å². The van der Waals surface area contributed by atoms with Crippen LogP contribution in [0.2, 0.25) is 0 Å². The first-order valence-corrected chi connectivity index (χ1v) is 15.9. The zero-order valence-corrected chi connectivity index (χ0v) is 25.7. The fraction of sp³-hybridized carbons (Fsp3) is 0.333. The molecule has 1 aromatic heterocycles. The Bertz CT molecular complexity index is 1520. The number of nitrogen functional groups attached to an aromatic ring is 1. The number of aliphatic hydroxyl groups is 1. The summed E-state index contributed by atoms with van der Waals surface area (Å²) in [5, 5.41) is 22.7. The van der Waals surface area contributed by atoms with E-state index in [1.54, 1.807) is 23.9 Å². The summed E-state index contributed by atoms with van der Waals surface area (Å²) in [6.45, 7) is 0.389. The van der Waals surface area contributed by atoms with Crippen LogP contribution in [0.1, 0.15) is 66.8 Å². The molecule has 0 unspecified atom stereocenters. The number of benzene rings is 3. The second kappa shape index (κ2) is 16.2. The van der Waals surface area contributed by atoms with E-state index in [4.69, 9.17) is 15.2 Å². The number of carbonyl (C=O) groups excluding carboxylic acids is 2. The number of hydrogen-bond donors (Lipinski definition) is 5. The third-order valence-electron chi connectivity index (χ3n) is 7.45. The molecule has 5 rings (SSSR count). The van der Waals surface area contributed by atoms with Gasteiger partial charge in [0.2, 0.25) is 11.8 Å². The zero-order valence-electron chi connectivity index (χ0n) is 24.9. The molecule has 3 aromatic carbocycles. The van der Waals surface area contributed by atoms with Crippen LogP contribution >= 0.6 is 11.8 Å². The van der Waals surface area contributed by atoms with E-state index in [0.717, 1.165) is 27.4 Å². The van der Waals surface area contributed by atoms with Gasteiger partial charge in [-0.05, 0) is 41.7 Å². The van der Waals surface area contributed by atoms with Gasteiger partial charge in [-0.3, -0.25) is 14.7 Å². The van der Waals surface area contributed by atoms with Crippen LogP contribution in [0, 0.1) is 0 Å². The highest BCUT2D eigenvalue weighted by molar-refractivity contribution is 7.99. The molecular weight excluding hydrogens is 592 g/mol. The summed E-state index contributed by atoms with van der Waals surface area (Å²) in [6.07, 6.45) is 3.19. The Kier molecular flexibility index (Phi) is 11.6. The maximum absolute atomic E-state index is 12.4. The lowest BCUT2D eigenvalue weighted by molar-refractivity contribution is -0.245. The molecule has 2 heterocycles. The van der Waals surface area contributed by atoms with Gasteiger partial charge in [-0.25, -0.2) is 4.98 Å². The van der Waals surface area contributed by atoms with Crippen LogP contribution in [0.3, 0.4) is 0 Å². The van der Waals surface area contributed by atoms with E-state index in [-0.39, 0.29) is 30.6 Å². The Hall–Kier alpha value is -4.23. The molecular formula is C33H38N6O5S. The van der Waals surface area contributed by atoms with E-state index < -0.39 is 6.29 Å². The van der Waals surface area contributed by atoms with Gasteiger partial charge < -0.3 is 30.9 Å². The monoisotopic (exact) mass is 630 g/mol. The molecule has 0 spiro atoms. The number of hydrogen-bond acceptors (Lipinski definition) is 9. The molecule has 3 atom stereocenters. The SMILES string of the molecule is Nc1ccccc1NC(=O)CCCCC(=O)NCc1ccc([C@@H]2O[C@H](CSc3ncn[nH]3)C[C@H](c3ccc(CO)cc3)O2)cc1. The van der Waals surface area contributed by atoms with E-state index in [1.165, 1.54) is 6.33 Å². The topological polar surface area (TPSA) is 164 Å². The molecule has 236 valence electrons. The summed E-state index contributed by atoms with van der Waals surface area (Å²) in [6, 6.07) is 22.7. The third kappa shape index (κ3) is 9.63. The minimum atomic E-state index is -0.569. The lowest BCUT2D eigenvalue weighted by Crippen LogP contribution is -2.31. The number of nitrogens with one attached hydrogen (secondary N) is 3. The van der Waals surface area contributed by atoms with Crippen LogP contribution in [0.5, 0.6) is 0 Å². The van der Waals surface area contributed by atoms with Crippen LogP contribution < -0.4 is 16.4 Å². The van der Waals surface area contributed by atoms with E-state index in [1.807, 2.05) is 60.7 Å². The number of thioether (sulfide) groups is 1. The molecule has 0 aliphatic carbocycles. The van der Waals surface area contributed by atoms with E-state index in [9.17, 15) is 14.7 Å². The molecule has 11 nitrogen and oxygen atoms in total. The predicted octanol–water partition coefficient (Wildman–Crippen LogP) is 5.03. The summed E-state index contributed by atoms with van der Waals surface area (Å²) in [7, 11) is 0. The molecule has 0 saturated carbocycles. The van der Waals surface area contributed by atoms with E-state index in [0.29, 0.717) is 55.8 Å². The third-order valence-corrected chi connectivity index (χ3v) is 8.46. The number of H-pyrrole nitrogens is 1. The molecule has 12 heteroatoms. The Morgan fingerprint density at radius 2 is 1.64 bits per heavy atom. The summed E-state index contributed by atoms with van der Waals surface area (Å²) < 4.78 is 12.8. The minimum Gasteiger partial charge on any atom is -0.397 e. The summed E-state index contributed by atoms with van der Waals surface area (Å²) >= 11 is 1.55. The fourth-order valence-corrected chi connectivity index (χ4v) is 5.73. The van der Waals surface area contributed by atoms with Crippen molar-refractivity contribution in [3.63, 3.8) is 0 Å². The van der Waals surface area contributed by atoms with Crippen molar-refractivity contribution in [3.8, 4) is 0 Å². The van der Waals surface area contributed by atoms with Gasteiger partial charge in [0.25, 0.3) is 0 Å². The average Bonchev–Trinajstić information content (AvgIpc) is 3.60. The number of amides is 2. The number of nitrogens with zero attached hydrogens (tertiary/aromatic N) is 2. The van der Waals surface area contributed by atoms with E-state index in [2.05, 4.69) is 25.8 Å². The quantitative estimate of drug-likeness (QED) is 0.0730. The number of unbranched alkanes of at least 4 members (excludes halogenated alkanes) is 1.